The van der Waals surface area contributed by atoms with Gasteiger partial charge in [-0.25, -0.2) is 0 Å². The molecule has 0 spiro atoms. The minimum Gasteiger partial charge on any atom is -0.493 e. The van der Waals surface area contributed by atoms with E-state index in [4.69, 9.17) is 9.26 Å². The van der Waals surface area contributed by atoms with Gasteiger partial charge in [0.1, 0.15) is 5.75 Å². The van der Waals surface area contributed by atoms with E-state index in [2.05, 4.69) is 43.4 Å². The summed E-state index contributed by atoms with van der Waals surface area (Å²) in [7, 11) is 0. The van der Waals surface area contributed by atoms with E-state index in [0.29, 0.717) is 12.6 Å². The second kappa shape index (κ2) is 6.53. The highest BCUT2D eigenvalue weighted by atomic mass is 16.5. The van der Waals surface area contributed by atoms with Crippen molar-refractivity contribution in [2.24, 2.45) is 0 Å². The number of aromatic nitrogens is 1. The monoisotopic (exact) mass is 300 g/mol. The zero-order valence-electron chi connectivity index (χ0n) is 13.6. The molecule has 0 fully saturated rings. The minimum absolute atomic E-state index is 0.297. The number of aryl methyl sites for hydroxylation is 3. The van der Waals surface area contributed by atoms with Gasteiger partial charge in [-0.15, -0.1) is 0 Å². The van der Waals surface area contributed by atoms with Gasteiger partial charge in [0.25, 0.3) is 0 Å². The molecule has 0 amide bonds. The van der Waals surface area contributed by atoms with E-state index in [1.807, 2.05) is 6.07 Å². The van der Waals surface area contributed by atoms with Crippen LogP contribution in [0.5, 0.6) is 5.75 Å². The molecule has 1 aromatic heterocycles. The van der Waals surface area contributed by atoms with Crippen molar-refractivity contribution in [3.63, 3.8) is 0 Å². The number of nitrogens with one attached hydrogen (secondary N) is 1. The van der Waals surface area contributed by atoms with Gasteiger partial charge < -0.3 is 14.6 Å². The van der Waals surface area contributed by atoms with Crippen molar-refractivity contribution < 1.29 is 9.26 Å². The lowest BCUT2D eigenvalue weighted by molar-refractivity contribution is 0.312. The molecule has 0 bridgehead atoms. The zero-order valence-corrected chi connectivity index (χ0v) is 13.6. The summed E-state index contributed by atoms with van der Waals surface area (Å²) < 4.78 is 11.3. The Bertz CT molecular complexity index is 649. The third-order valence-corrected chi connectivity index (χ3v) is 4.20. The maximum absolute atomic E-state index is 5.96. The highest BCUT2D eigenvalue weighted by Crippen LogP contribution is 2.35. The number of nitrogens with zero attached hydrogens (tertiary/aromatic N) is 1. The van der Waals surface area contributed by atoms with Crippen LogP contribution in [0.25, 0.3) is 0 Å². The molecular weight excluding hydrogens is 276 g/mol. The summed E-state index contributed by atoms with van der Waals surface area (Å²) in [4.78, 5) is 0. The topological polar surface area (TPSA) is 47.3 Å². The Morgan fingerprint density at radius 1 is 1.27 bits per heavy atom. The fourth-order valence-electron chi connectivity index (χ4n) is 3.10. The molecule has 1 aromatic carbocycles. The van der Waals surface area contributed by atoms with Crippen LogP contribution in [0.1, 0.15) is 54.0 Å². The highest BCUT2D eigenvalue weighted by molar-refractivity contribution is 5.46. The van der Waals surface area contributed by atoms with Crippen molar-refractivity contribution in [3.05, 3.63) is 46.3 Å². The number of benzene rings is 1. The molecule has 0 saturated carbocycles. The average Bonchev–Trinajstić information content (AvgIpc) is 2.86. The highest BCUT2D eigenvalue weighted by Gasteiger charge is 2.21. The van der Waals surface area contributed by atoms with Crippen LogP contribution in [0, 0.1) is 13.8 Å². The number of hydrogen-bond donors (Lipinski definition) is 1. The quantitative estimate of drug-likeness (QED) is 0.931. The standard InChI is InChI=1S/C18H24N2O2/c1-4-14-10-15(22-20-14)11-19-17-6-5-7-21-18-13(3)8-12(2)9-16(17)18/h8-10,17,19H,4-7,11H2,1-3H3/t17-/m0/s1. The number of hydrogen-bond acceptors (Lipinski definition) is 4. The molecule has 2 aromatic rings. The third kappa shape index (κ3) is 3.17. The first kappa shape index (κ1) is 15.1. The molecule has 1 aliphatic heterocycles. The van der Waals surface area contributed by atoms with E-state index in [0.717, 1.165) is 43.1 Å². The Labute approximate surface area is 131 Å². The van der Waals surface area contributed by atoms with E-state index >= 15 is 0 Å². The molecule has 1 aliphatic rings. The molecule has 3 rings (SSSR count). The number of rotatable bonds is 4. The van der Waals surface area contributed by atoms with E-state index in [1.54, 1.807) is 0 Å². The Hall–Kier alpha value is -1.81. The molecule has 0 aliphatic carbocycles. The summed E-state index contributed by atoms with van der Waals surface area (Å²) in [6.45, 7) is 7.83. The fraction of sp³-hybridized carbons (Fsp3) is 0.500. The van der Waals surface area contributed by atoms with Crippen LogP contribution in [0.3, 0.4) is 0 Å². The summed E-state index contributed by atoms with van der Waals surface area (Å²) in [6, 6.07) is 6.75. The normalized spacial score (nSPS) is 17.7. The van der Waals surface area contributed by atoms with Gasteiger partial charge >= 0.3 is 0 Å². The molecule has 4 nitrogen and oxygen atoms in total. The summed E-state index contributed by atoms with van der Waals surface area (Å²) in [5.74, 6) is 1.94. The van der Waals surface area contributed by atoms with Crippen LogP contribution in [0.2, 0.25) is 0 Å². The summed E-state index contributed by atoms with van der Waals surface area (Å²) in [5, 5.41) is 7.66. The van der Waals surface area contributed by atoms with E-state index < -0.39 is 0 Å². The SMILES string of the molecule is CCc1cc(CN[C@H]2CCCOc3c(C)cc(C)cc32)on1. The third-order valence-electron chi connectivity index (χ3n) is 4.20. The lowest BCUT2D eigenvalue weighted by Crippen LogP contribution is -2.20. The van der Waals surface area contributed by atoms with Gasteiger partial charge in [0.15, 0.2) is 5.76 Å². The van der Waals surface area contributed by atoms with Gasteiger partial charge in [-0.05, 0) is 38.7 Å². The smallest absolute Gasteiger partial charge is 0.150 e. The molecule has 0 unspecified atom stereocenters. The predicted molar refractivity (Wildman–Crippen MR) is 86.1 cm³/mol. The van der Waals surface area contributed by atoms with Crippen molar-refractivity contribution in [3.8, 4) is 5.75 Å². The van der Waals surface area contributed by atoms with E-state index in [-0.39, 0.29) is 0 Å². The van der Waals surface area contributed by atoms with Gasteiger partial charge in [0.2, 0.25) is 0 Å². The van der Waals surface area contributed by atoms with Crippen molar-refractivity contribution in [2.45, 2.75) is 52.6 Å². The predicted octanol–water partition coefficient (Wildman–Crippen LogP) is 3.86. The summed E-state index contributed by atoms with van der Waals surface area (Å²) in [6.07, 6.45) is 3.04. The van der Waals surface area contributed by atoms with Crippen LogP contribution >= 0.6 is 0 Å². The van der Waals surface area contributed by atoms with Crippen molar-refractivity contribution in [1.29, 1.82) is 0 Å². The molecule has 1 N–H and O–H groups in total. The largest absolute Gasteiger partial charge is 0.493 e. The maximum atomic E-state index is 5.96. The van der Waals surface area contributed by atoms with E-state index in [9.17, 15) is 0 Å². The van der Waals surface area contributed by atoms with Crippen molar-refractivity contribution >= 4 is 0 Å². The molecule has 0 saturated heterocycles. The summed E-state index contributed by atoms with van der Waals surface area (Å²) >= 11 is 0. The van der Waals surface area contributed by atoms with Gasteiger partial charge in [-0.1, -0.05) is 29.8 Å². The lowest BCUT2D eigenvalue weighted by Gasteiger charge is -2.19. The average molecular weight is 300 g/mol. The van der Waals surface area contributed by atoms with Crippen molar-refractivity contribution in [2.75, 3.05) is 6.61 Å². The first-order valence-electron chi connectivity index (χ1n) is 8.09. The zero-order chi connectivity index (χ0) is 15.5. The van der Waals surface area contributed by atoms with Crippen LogP contribution in [0.15, 0.2) is 22.7 Å². The van der Waals surface area contributed by atoms with Crippen LogP contribution < -0.4 is 10.1 Å². The molecule has 0 radical (unpaired) electrons. The molecular formula is C18H24N2O2. The second-order valence-electron chi connectivity index (χ2n) is 6.06. The van der Waals surface area contributed by atoms with Gasteiger partial charge in [-0.3, -0.25) is 0 Å². The Morgan fingerprint density at radius 3 is 2.91 bits per heavy atom. The van der Waals surface area contributed by atoms with Gasteiger partial charge in [0, 0.05) is 17.7 Å². The Balaban J connectivity index is 1.79. The summed E-state index contributed by atoms with van der Waals surface area (Å²) in [5.41, 5.74) is 4.77. The molecule has 118 valence electrons. The van der Waals surface area contributed by atoms with Gasteiger partial charge in [-0.2, -0.15) is 0 Å². The van der Waals surface area contributed by atoms with Crippen LogP contribution in [-0.2, 0) is 13.0 Å². The molecule has 22 heavy (non-hydrogen) atoms. The first-order chi connectivity index (χ1) is 10.7. The number of fused-ring (bicyclic) bond motifs is 1. The lowest BCUT2D eigenvalue weighted by atomic mass is 9.97. The second-order valence-corrected chi connectivity index (χ2v) is 6.06. The van der Waals surface area contributed by atoms with Gasteiger partial charge in [0.05, 0.1) is 18.8 Å². The Kier molecular flexibility index (Phi) is 4.48. The van der Waals surface area contributed by atoms with Crippen molar-refractivity contribution in [1.82, 2.24) is 10.5 Å². The van der Waals surface area contributed by atoms with E-state index in [1.165, 1.54) is 16.7 Å². The number of ether oxygens (including phenoxy) is 1. The first-order valence-corrected chi connectivity index (χ1v) is 8.09. The molecule has 1 atom stereocenters. The molecule has 2 heterocycles. The van der Waals surface area contributed by atoms with Crippen LogP contribution in [-0.4, -0.2) is 11.8 Å². The minimum atomic E-state index is 0.297. The Morgan fingerprint density at radius 2 is 2.14 bits per heavy atom. The maximum Gasteiger partial charge on any atom is 0.150 e. The van der Waals surface area contributed by atoms with Crippen LogP contribution in [0.4, 0.5) is 0 Å². The fourth-order valence-corrected chi connectivity index (χ4v) is 3.10. The molecule has 4 heteroatoms.